The molecule has 2 aromatic carbocycles. The molecule has 1 atom stereocenters. The van der Waals surface area contributed by atoms with E-state index in [2.05, 4.69) is 0 Å². The highest BCUT2D eigenvalue weighted by Gasteiger charge is 2.37. The van der Waals surface area contributed by atoms with Gasteiger partial charge in [-0.3, -0.25) is 19.7 Å². The van der Waals surface area contributed by atoms with E-state index in [4.69, 9.17) is 21.1 Å². The maximum Gasteiger partial charge on any atom is 0.270 e. The fourth-order valence-electron chi connectivity index (χ4n) is 3.48. The molecular formula is C20H18ClN3O6. The number of benzene rings is 2. The Bertz CT molecular complexity index is 1010. The number of non-ortho nitro benzene ring substituents is 1. The van der Waals surface area contributed by atoms with E-state index >= 15 is 0 Å². The first kappa shape index (κ1) is 20.1. The zero-order valence-electron chi connectivity index (χ0n) is 15.8. The molecule has 9 nitrogen and oxygen atoms in total. The highest BCUT2D eigenvalue weighted by molar-refractivity contribution is 6.34. The van der Waals surface area contributed by atoms with Gasteiger partial charge in [0.15, 0.2) is 6.10 Å². The van der Waals surface area contributed by atoms with Crippen LogP contribution in [0.25, 0.3) is 0 Å². The number of carbonyl (C=O) groups is 2. The van der Waals surface area contributed by atoms with E-state index < -0.39 is 16.9 Å². The lowest BCUT2D eigenvalue weighted by Crippen LogP contribution is -2.54. The zero-order valence-corrected chi connectivity index (χ0v) is 16.6. The van der Waals surface area contributed by atoms with Gasteiger partial charge in [-0.05, 0) is 18.2 Å². The molecule has 0 saturated carbocycles. The first-order chi connectivity index (χ1) is 14.5. The van der Waals surface area contributed by atoms with Crippen molar-refractivity contribution >= 4 is 34.8 Å². The van der Waals surface area contributed by atoms with Crippen molar-refractivity contribution in [2.45, 2.75) is 6.10 Å². The molecular weight excluding hydrogens is 414 g/mol. The van der Waals surface area contributed by atoms with Crippen molar-refractivity contribution in [2.75, 3.05) is 37.7 Å². The number of nitro groups is 1. The van der Waals surface area contributed by atoms with E-state index in [0.717, 1.165) is 6.07 Å². The van der Waals surface area contributed by atoms with E-state index in [9.17, 15) is 19.7 Å². The van der Waals surface area contributed by atoms with E-state index in [1.54, 1.807) is 29.2 Å². The van der Waals surface area contributed by atoms with Gasteiger partial charge in [-0.15, -0.1) is 0 Å². The number of anilines is 1. The lowest BCUT2D eigenvalue weighted by Gasteiger charge is -2.37. The van der Waals surface area contributed by atoms with Crippen LogP contribution in [0.1, 0.15) is 10.4 Å². The number of morpholine rings is 1. The molecule has 0 N–H and O–H groups in total. The van der Waals surface area contributed by atoms with Crippen molar-refractivity contribution in [3.63, 3.8) is 0 Å². The van der Waals surface area contributed by atoms with Crippen LogP contribution in [0.15, 0.2) is 42.5 Å². The van der Waals surface area contributed by atoms with Crippen LogP contribution in [-0.2, 0) is 9.53 Å². The molecule has 2 aliphatic rings. The Morgan fingerprint density at radius 1 is 1.13 bits per heavy atom. The largest absolute Gasteiger partial charge is 0.476 e. The summed E-state index contributed by atoms with van der Waals surface area (Å²) in [5.74, 6) is -0.285. The van der Waals surface area contributed by atoms with Crippen LogP contribution in [0.2, 0.25) is 5.02 Å². The van der Waals surface area contributed by atoms with E-state index in [-0.39, 0.29) is 28.7 Å². The number of fused-ring (bicyclic) bond motifs is 1. The maximum atomic E-state index is 13.3. The Labute approximate surface area is 176 Å². The summed E-state index contributed by atoms with van der Waals surface area (Å²) in [6.45, 7) is 1.83. The third-order valence-electron chi connectivity index (χ3n) is 5.01. The van der Waals surface area contributed by atoms with Crippen molar-refractivity contribution in [2.24, 2.45) is 0 Å². The highest BCUT2D eigenvalue weighted by Crippen LogP contribution is 2.35. The third kappa shape index (κ3) is 3.81. The van der Waals surface area contributed by atoms with E-state index in [1.165, 1.54) is 17.0 Å². The molecule has 156 valence electrons. The van der Waals surface area contributed by atoms with Gasteiger partial charge < -0.3 is 19.3 Å². The second-order valence-electron chi connectivity index (χ2n) is 6.85. The lowest BCUT2D eigenvalue weighted by atomic mass is 10.1. The zero-order chi connectivity index (χ0) is 21.3. The van der Waals surface area contributed by atoms with Gasteiger partial charge in [0.25, 0.3) is 17.5 Å². The van der Waals surface area contributed by atoms with Crippen molar-refractivity contribution in [3.8, 4) is 5.75 Å². The first-order valence-corrected chi connectivity index (χ1v) is 9.71. The predicted octanol–water partition coefficient (Wildman–Crippen LogP) is 2.51. The summed E-state index contributed by atoms with van der Waals surface area (Å²) in [6, 6.07) is 10.6. The van der Waals surface area contributed by atoms with Gasteiger partial charge in [0.1, 0.15) is 5.75 Å². The number of hydrogen-bond acceptors (Lipinski definition) is 6. The lowest BCUT2D eigenvalue weighted by molar-refractivity contribution is -0.384. The van der Waals surface area contributed by atoms with Crippen LogP contribution in [0.3, 0.4) is 0 Å². The second-order valence-corrected chi connectivity index (χ2v) is 7.26. The Morgan fingerprint density at radius 2 is 1.87 bits per heavy atom. The Hall–Kier alpha value is -3.17. The van der Waals surface area contributed by atoms with Crippen LogP contribution in [0, 0.1) is 10.1 Å². The number of para-hydroxylation sites is 2. The molecule has 0 bridgehead atoms. The molecule has 2 heterocycles. The molecule has 0 unspecified atom stereocenters. The molecule has 2 aromatic rings. The predicted molar refractivity (Wildman–Crippen MR) is 108 cm³/mol. The molecule has 0 spiro atoms. The van der Waals surface area contributed by atoms with Crippen molar-refractivity contribution < 1.29 is 24.0 Å². The quantitative estimate of drug-likeness (QED) is 0.546. The maximum absolute atomic E-state index is 13.3. The summed E-state index contributed by atoms with van der Waals surface area (Å²) in [5.41, 5.74) is 0.402. The van der Waals surface area contributed by atoms with Gasteiger partial charge >= 0.3 is 0 Å². The standard InChI is InChI=1S/C20H18ClN3O6/c21-15-11-13(24(27)28)5-6-14(15)19(25)23-12-18(20(26)22-7-9-29-10-8-22)30-17-4-2-1-3-16(17)23/h1-6,11,18H,7-10,12H2/t18-/m0/s1. The number of rotatable bonds is 3. The van der Waals surface area contributed by atoms with Crippen LogP contribution >= 0.6 is 11.6 Å². The van der Waals surface area contributed by atoms with Gasteiger partial charge in [-0.2, -0.15) is 0 Å². The third-order valence-corrected chi connectivity index (χ3v) is 5.32. The molecule has 0 aliphatic carbocycles. The Balaban J connectivity index is 1.65. The minimum atomic E-state index is -0.876. The van der Waals surface area contributed by atoms with Crippen LogP contribution in [0.4, 0.5) is 11.4 Å². The number of amides is 2. The normalized spacial score (nSPS) is 18.4. The minimum absolute atomic E-state index is 0.000641. The smallest absolute Gasteiger partial charge is 0.270 e. The van der Waals surface area contributed by atoms with Crippen molar-refractivity contribution in [3.05, 3.63) is 63.2 Å². The van der Waals surface area contributed by atoms with Gasteiger partial charge in [-0.25, -0.2) is 0 Å². The SMILES string of the molecule is O=C([C@@H]1CN(C(=O)c2ccc([N+](=O)[O-])cc2Cl)c2ccccc2O1)N1CCOCC1. The molecule has 2 aliphatic heterocycles. The summed E-state index contributed by atoms with van der Waals surface area (Å²) in [5, 5.41) is 10.9. The average molecular weight is 432 g/mol. The van der Waals surface area contributed by atoms with Gasteiger partial charge in [0.2, 0.25) is 0 Å². The highest BCUT2D eigenvalue weighted by atomic mass is 35.5. The monoisotopic (exact) mass is 431 g/mol. The van der Waals surface area contributed by atoms with Crippen molar-refractivity contribution in [1.82, 2.24) is 4.90 Å². The van der Waals surface area contributed by atoms with Gasteiger partial charge in [-0.1, -0.05) is 23.7 Å². The molecule has 4 rings (SSSR count). The fourth-order valence-corrected chi connectivity index (χ4v) is 3.73. The molecule has 0 aromatic heterocycles. The minimum Gasteiger partial charge on any atom is -0.476 e. The average Bonchev–Trinajstić information content (AvgIpc) is 2.77. The number of nitrogens with zero attached hydrogens (tertiary/aromatic N) is 3. The summed E-state index contributed by atoms with van der Waals surface area (Å²) in [4.78, 5) is 39.7. The molecule has 1 fully saturated rings. The van der Waals surface area contributed by atoms with Crippen molar-refractivity contribution in [1.29, 1.82) is 0 Å². The summed E-state index contributed by atoms with van der Waals surface area (Å²) in [7, 11) is 0. The Morgan fingerprint density at radius 3 is 2.57 bits per heavy atom. The fraction of sp³-hybridized carbons (Fsp3) is 0.300. The molecule has 30 heavy (non-hydrogen) atoms. The van der Waals surface area contributed by atoms with Crippen LogP contribution in [-0.4, -0.2) is 60.6 Å². The number of ether oxygens (including phenoxy) is 2. The van der Waals surface area contributed by atoms with E-state index in [1.807, 2.05) is 0 Å². The number of hydrogen-bond donors (Lipinski definition) is 0. The number of nitro benzene ring substituents is 1. The molecule has 1 saturated heterocycles. The second kappa shape index (κ2) is 8.29. The summed E-state index contributed by atoms with van der Waals surface area (Å²) < 4.78 is 11.2. The molecule has 10 heteroatoms. The Kier molecular flexibility index (Phi) is 5.56. The van der Waals surface area contributed by atoms with Gasteiger partial charge in [0, 0.05) is 25.2 Å². The summed E-state index contributed by atoms with van der Waals surface area (Å²) in [6.07, 6.45) is -0.876. The summed E-state index contributed by atoms with van der Waals surface area (Å²) >= 11 is 6.16. The van der Waals surface area contributed by atoms with Gasteiger partial charge in [0.05, 0.1) is 41.0 Å². The number of carbonyl (C=O) groups excluding carboxylic acids is 2. The van der Waals surface area contributed by atoms with E-state index in [0.29, 0.717) is 37.7 Å². The topological polar surface area (TPSA) is 102 Å². The van der Waals surface area contributed by atoms with Crippen LogP contribution in [0.5, 0.6) is 5.75 Å². The first-order valence-electron chi connectivity index (χ1n) is 9.33. The van der Waals surface area contributed by atoms with Crippen LogP contribution < -0.4 is 9.64 Å². The molecule has 0 radical (unpaired) electrons. The number of halogens is 1. The molecule has 2 amide bonds.